The SMILES string of the molecule is C[C@]12CCC(=O)C(N)C1CC[C@@H]1[C@@H]2CC[C@]2(C)C(=O)CC[C@@H]12. The molecule has 2 N–H and O–H groups in total. The predicted molar refractivity (Wildman–Crippen MR) is 85.1 cm³/mol. The van der Waals surface area contributed by atoms with Crippen LogP contribution in [0.15, 0.2) is 0 Å². The number of carbonyl (C=O) groups excluding carboxylic acids is 2. The molecule has 0 heterocycles. The van der Waals surface area contributed by atoms with Crippen LogP contribution in [0.4, 0.5) is 0 Å². The zero-order valence-corrected chi connectivity index (χ0v) is 13.9. The second-order valence-electron chi connectivity index (χ2n) is 8.98. The third-order valence-corrected chi connectivity index (χ3v) is 8.37. The van der Waals surface area contributed by atoms with E-state index >= 15 is 0 Å². The van der Waals surface area contributed by atoms with Crippen molar-refractivity contribution in [3.05, 3.63) is 0 Å². The van der Waals surface area contributed by atoms with Crippen LogP contribution in [0.5, 0.6) is 0 Å². The number of fused-ring (bicyclic) bond motifs is 5. The van der Waals surface area contributed by atoms with Crippen LogP contribution >= 0.6 is 0 Å². The first-order valence-corrected chi connectivity index (χ1v) is 9.19. The zero-order chi connectivity index (χ0) is 15.7. The van der Waals surface area contributed by atoms with Crippen molar-refractivity contribution in [1.82, 2.24) is 0 Å². The summed E-state index contributed by atoms with van der Waals surface area (Å²) in [6.45, 7) is 4.63. The molecule has 0 saturated heterocycles. The van der Waals surface area contributed by atoms with Crippen LogP contribution < -0.4 is 5.73 Å². The van der Waals surface area contributed by atoms with Crippen molar-refractivity contribution in [2.75, 3.05) is 0 Å². The van der Waals surface area contributed by atoms with E-state index in [4.69, 9.17) is 5.73 Å². The molecule has 7 atom stereocenters. The molecule has 22 heavy (non-hydrogen) atoms. The van der Waals surface area contributed by atoms with Gasteiger partial charge in [0.1, 0.15) is 11.6 Å². The first-order chi connectivity index (χ1) is 10.4. The van der Waals surface area contributed by atoms with Crippen molar-refractivity contribution in [3.8, 4) is 0 Å². The molecule has 122 valence electrons. The fourth-order valence-electron chi connectivity index (χ4n) is 7.00. The van der Waals surface area contributed by atoms with E-state index in [1.54, 1.807) is 0 Å². The summed E-state index contributed by atoms with van der Waals surface area (Å²) in [5.74, 6) is 3.11. The van der Waals surface area contributed by atoms with E-state index in [1.807, 2.05) is 0 Å². The molecule has 3 heteroatoms. The van der Waals surface area contributed by atoms with E-state index in [0.717, 1.165) is 38.5 Å². The minimum atomic E-state index is -0.238. The fraction of sp³-hybridized carbons (Fsp3) is 0.895. The third-order valence-electron chi connectivity index (χ3n) is 8.37. The van der Waals surface area contributed by atoms with E-state index in [1.165, 1.54) is 6.42 Å². The Morgan fingerprint density at radius 2 is 1.68 bits per heavy atom. The number of nitrogens with two attached hydrogens (primary N) is 1. The maximum absolute atomic E-state index is 12.4. The number of ketones is 2. The topological polar surface area (TPSA) is 60.2 Å². The highest BCUT2D eigenvalue weighted by Gasteiger charge is 2.61. The van der Waals surface area contributed by atoms with Gasteiger partial charge in [0.2, 0.25) is 0 Å². The van der Waals surface area contributed by atoms with E-state index in [9.17, 15) is 9.59 Å². The van der Waals surface area contributed by atoms with Gasteiger partial charge in [-0.3, -0.25) is 9.59 Å². The van der Waals surface area contributed by atoms with E-state index in [0.29, 0.717) is 35.9 Å². The van der Waals surface area contributed by atoms with Gasteiger partial charge in [-0.05, 0) is 67.6 Å². The molecule has 3 nitrogen and oxygen atoms in total. The quantitative estimate of drug-likeness (QED) is 0.748. The fourth-order valence-corrected chi connectivity index (χ4v) is 7.00. The molecule has 0 spiro atoms. The van der Waals surface area contributed by atoms with Crippen LogP contribution in [-0.2, 0) is 9.59 Å². The molecule has 4 rings (SSSR count). The number of carbonyl (C=O) groups is 2. The van der Waals surface area contributed by atoms with Crippen LogP contribution in [0.25, 0.3) is 0 Å². The van der Waals surface area contributed by atoms with Crippen LogP contribution in [0.3, 0.4) is 0 Å². The summed E-state index contributed by atoms with van der Waals surface area (Å²) in [7, 11) is 0. The lowest BCUT2D eigenvalue weighted by Crippen LogP contribution is -2.59. The van der Waals surface area contributed by atoms with Crippen molar-refractivity contribution in [1.29, 1.82) is 0 Å². The highest BCUT2D eigenvalue weighted by atomic mass is 16.1. The molecule has 4 saturated carbocycles. The van der Waals surface area contributed by atoms with Gasteiger partial charge in [-0.2, -0.15) is 0 Å². The van der Waals surface area contributed by atoms with Gasteiger partial charge in [0.05, 0.1) is 6.04 Å². The molecule has 2 unspecified atom stereocenters. The largest absolute Gasteiger partial charge is 0.321 e. The first-order valence-electron chi connectivity index (χ1n) is 9.19. The van der Waals surface area contributed by atoms with Crippen molar-refractivity contribution in [2.24, 2.45) is 40.2 Å². The van der Waals surface area contributed by atoms with E-state index in [-0.39, 0.29) is 22.7 Å². The minimum absolute atomic E-state index is 0.0447. The third kappa shape index (κ3) is 1.72. The van der Waals surface area contributed by atoms with Gasteiger partial charge < -0.3 is 5.73 Å². The van der Waals surface area contributed by atoms with Crippen LogP contribution in [0.1, 0.15) is 65.2 Å². The molecule has 0 amide bonds. The molecule has 0 radical (unpaired) electrons. The summed E-state index contributed by atoms with van der Waals surface area (Å²) in [6, 6.07) is -0.238. The highest BCUT2D eigenvalue weighted by Crippen LogP contribution is 2.64. The maximum Gasteiger partial charge on any atom is 0.149 e. The number of rotatable bonds is 0. The molecule has 0 bridgehead atoms. The Morgan fingerprint density at radius 1 is 0.909 bits per heavy atom. The number of hydrogen-bond acceptors (Lipinski definition) is 3. The predicted octanol–water partition coefficient (Wildman–Crippen LogP) is 3.10. The van der Waals surface area contributed by atoms with Crippen molar-refractivity contribution < 1.29 is 9.59 Å². The summed E-state index contributed by atoms with van der Waals surface area (Å²) in [6.07, 6.45) is 8.07. The summed E-state index contributed by atoms with van der Waals surface area (Å²) < 4.78 is 0. The van der Waals surface area contributed by atoms with Gasteiger partial charge in [-0.15, -0.1) is 0 Å². The van der Waals surface area contributed by atoms with Crippen LogP contribution in [0.2, 0.25) is 0 Å². The van der Waals surface area contributed by atoms with Gasteiger partial charge in [0.25, 0.3) is 0 Å². The molecule has 4 aliphatic rings. The molecule has 0 aliphatic heterocycles. The summed E-state index contributed by atoms with van der Waals surface area (Å²) >= 11 is 0. The highest BCUT2D eigenvalue weighted by molar-refractivity contribution is 5.87. The Morgan fingerprint density at radius 3 is 2.45 bits per heavy atom. The zero-order valence-electron chi connectivity index (χ0n) is 13.9. The van der Waals surface area contributed by atoms with Crippen LogP contribution in [-0.4, -0.2) is 17.6 Å². The van der Waals surface area contributed by atoms with Gasteiger partial charge in [-0.1, -0.05) is 13.8 Å². The Labute approximate surface area is 133 Å². The monoisotopic (exact) mass is 303 g/mol. The van der Waals surface area contributed by atoms with E-state index < -0.39 is 0 Å². The van der Waals surface area contributed by atoms with Crippen LogP contribution in [0, 0.1) is 34.5 Å². The number of Topliss-reactive ketones (excluding diaryl/α,β-unsaturated/α-hetero) is 2. The van der Waals surface area contributed by atoms with Gasteiger partial charge in [0, 0.05) is 18.3 Å². The lowest BCUT2D eigenvalue weighted by atomic mass is 9.44. The average Bonchev–Trinajstić information content (AvgIpc) is 2.79. The second kappa shape index (κ2) is 4.66. The Kier molecular flexibility index (Phi) is 3.15. The second-order valence-corrected chi connectivity index (χ2v) is 8.98. The summed E-state index contributed by atoms with van der Waals surface area (Å²) in [4.78, 5) is 24.5. The maximum atomic E-state index is 12.4. The van der Waals surface area contributed by atoms with E-state index in [2.05, 4.69) is 13.8 Å². The lowest BCUT2D eigenvalue weighted by Gasteiger charge is -2.60. The Balaban J connectivity index is 1.67. The molecule has 0 aromatic rings. The Bertz CT molecular complexity index is 530. The average molecular weight is 303 g/mol. The summed E-state index contributed by atoms with van der Waals surface area (Å²) in [5, 5.41) is 0. The molecular formula is C19H29NO2. The smallest absolute Gasteiger partial charge is 0.149 e. The lowest BCUT2D eigenvalue weighted by molar-refractivity contribution is -0.146. The van der Waals surface area contributed by atoms with Crippen molar-refractivity contribution in [2.45, 2.75) is 71.3 Å². The number of hydrogen-bond donors (Lipinski definition) is 1. The molecule has 4 fully saturated rings. The Hall–Kier alpha value is -0.700. The molecule has 0 aromatic carbocycles. The van der Waals surface area contributed by atoms with Gasteiger partial charge in [0.15, 0.2) is 0 Å². The molecule has 4 aliphatic carbocycles. The first kappa shape index (κ1) is 14.9. The standard InChI is InChI=1S/C19H29NO2/c1-18-10-8-15(21)17(20)14(18)4-3-11-12-5-6-16(22)19(12,2)9-7-13(11)18/h11-14,17H,3-10,20H2,1-2H3/t11-,12-,13-,14?,17?,18+,19-/m0/s1. The molecule has 0 aromatic heterocycles. The van der Waals surface area contributed by atoms with Crippen molar-refractivity contribution in [3.63, 3.8) is 0 Å². The van der Waals surface area contributed by atoms with Crippen molar-refractivity contribution >= 4 is 11.6 Å². The molecular weight excluding hydrogens is 274 g/mol. The summed E-state index contributed by atoms with van der Waals surface area (Å²) in [5.41, 5.74) is 6.47. The van der Waals surface area contributed by atoms with Gasteiger partial charge >= 0.3 is 0 Å². The van der Waals surface area contributed by atoms with Gasteiger partial charge in [-0.25, -0.2) is 0 Å². The normalized spacial score (nSPS) is 54.6. The minimum Gasteiger partial charge on any atom is -0.321 e.